The molecule has 106 valence electrons. The van der Waals surface area contributed by atoms with Gasteiger partial charge in [0.1, 0.15) is 17.4 Å². The van der Waals surface area contributed by atoms with Crippen molar-refractivity contribution in [2.75, 3.05) is 7.11 Å². The van der Waals surface area contributed by atoms with Gasteiger partial charge >= 0.3 is 0 Å². The molecule has 1 nitrogen and oxygen atoms in total. The lowest BCUT2D eigenvalue weighted by molar-refractivity contribution is 0.406. The van der Waals surface area contributed by atoms with Crippen molar-refractivity contribution in [2.45, 2.75) is 5.38 Å². The molecule has 0 aliphatic heterocycles. The van der Waals surface area contributed by atoms with Gasteiger partial charge in [0, 0.05) is 22.2 Å². The molecule has 0 radical (unpaired) electrons. The molecule has 0 amide bonds. The first-order chi connectivity index (χ1) is 9.45. The Labute approximate surface area is 133 Å². The Kier molecular flexibility index (Phi) is 4.89. The van der Waals surface area contributed by atoms with Crippen LogP contribution in [0, 0.1) is 11.6 Å². The SMILES string of the molecule is COc1cc(F)c(Br)cc1C(Cl)c1c(F)cccc1Cl. The summed E-state index contributed by atoms with van der Waals surface area (Å²) in [5.41, 5.74) is 0.557. The fourth-order valence-corrected chi connectivity index (χ4v) is 2.91. The summed E-state index contributed by atoms with van der Waals surface area (Å²) in [6.07, 6.45) is 0. The maximum absolute atomic E-state index is 13.9. The molecule has 1 unspecified atom stereocenters. The van der Waals surface area contributed by atoms with E-state index in [9.17, 15) is 8.78 Å². The van der Waals surface area contributed by atoms with E-state index in [1.807, 2.05) is 0 Å². The maximum Gasteiger partial charge on any atom is 0.141 e. The third-order valence-electron chi connectivity index (χ3n) is 2.80. The molecule has 2 rings (SSSR count). The first-order valence-corrected chi connectivity index (χ1v) is 7.17. The van der Waals surface area contributed by atoms with Crippen LogP contribution in [0.1, 0.15) is 16.5 Å². The zero-order valence-electron chi connectivity index (χ0n) is 10.3. The Balaban J connectivity index is 2.59. The van der Waals surface area contributed by atoms with E-state index in [0.29, 0.717) is 5.56 Å². The maximum atomic E-state index is 13.9. The molecule has 0 aliphatic carbocycles. The van der Waals surface area contributed by atoms with Gasteiger partial charge in [-0.1, -0.05) is 17.7 Å². The highest BCUT2D eigenvalue weighted by Crippen LogP contribution is 2.41. The fraction of sp³-hybridized carbons (Fsp3) is 0.143. The van der Waals surface area contributed by atoms with Crippen LogP contribution in [0.3, 0.4) is 0 Å². The Bertz CT molecular complexity index is 629. The van der Waals surface area contributed by atoms with Crippen molar-refractivity contribution >= 4 is 39.1 Å². The first-order valence-electron chi connectivity index (χ1n) is 5.56. The number of halogens is 5. The van der Waals surface area contributed by atoms with Gasteiger partial charge in [0.25, 0.3) is 0 Å². The Morgan fingerprint density at radius 1 is 1.20 bits per heavy atom. The van der Waals surface area contributed by atoms with Crippen LogP contribution in [0.4, 0.5) is 8.78 Å². The molecule has 2 aromatic rings. The zero-order chi connectivity index (χ0) is 14.9. The minimum atomic E-state index is -0.893. The summed E-state index contributed by atoms with van der Waals surface area (Å²) in [6, 6.07) is 6.93. The summed E-state index contributed by atoms with van der Waals surface area (Å²) in [7, 11) is 1.39. The summed E-state index contributed by atoms with van der Waals surface area (Å²) in [6.45, 7) is 0. The normalized spacial score (nSPS) is 12.3. The van der Waals surface area contributed by atoms with Crippen LogP contribution in [-0.2, 0) is 0 Å². The van der Waals surface area contributed by atoms with Crippen LogP contribution >= 0.6 is 39.1 Å². The predicted octanol–water partition coefficient (Wildman–Crippen LogP) is 5.72. The molecular weight excluding hydrogens is 373 g/mol. The van der Waals surface area contributed by atoms with Gasteiger partial charge in [-0.05, 0) is 34.1 Å². The molecule has 20 heavy (non-hydrogen) atoms. The van der Waals surface area contributed by atoms with Crippen molar-refractivity contribution in [3.8, 4) is 5.75 Å². The lowest BCUT2D eigenvalue weighted by atomic mass is 10.0. The summed E-state index contributed by atoms with van der Waals surface area (Å²) < 4.78 is 32.7. The van der Waals surface area contributed by atoms with Crippen LogP contribution < -0.4 is 4.74 Å². The highest BCUT2D eigenvalue weighted by atomic mass is 79.9. The molecule has 0 spiro atoms. The summed E-state index contributed by atoms with van der Waals surface area (Å²) in [4.78, 5) is 0. The van der Waals surface area contributed by atoms with E-state index in [-0.39, 0.29) is 20.8 Å². The lowest BCUT2D eigenvalue weighted by Crippen LogP contribution is -2.02. The van der Waals surface area contributed by atoms with Crippen LogP contribution in [0.2, 0.25) is 5.02 Å². The Morgan fingerprint density at radius 3 is 2.50 bits per heavy atom. The van der Waals surface area contributed by atoms with E-state index in [0.717, 1.165) is 0 Å². The Hall–Kier alpha value is -0.840. The van der Waals surface area contributed by atoms with Gasteiger partial charge in [-0.25, -0.2) is 8.78 Å². The van der Waals surface area contributed by atoms with Gasteiger partial charge in [0.2, 0.25) is 0 Å². The second kappa shape index (κ2) is 6.29. The molecule has 0 saturated heterocycles. The molecule has 0 saturated carbocycles. The van der Waals surface area contributed by atoms with E-state index < -0.39 is 17.0 Å². The van der Waals surface area contributed by atoms with E-state index in [4.69, 9.17) is 27.9 Å². The number of rotatable bonds is 3. The van der Waals surface area contributed by atoms with E-state index in [2.05, 4.69) is 15.9 Å². The van der Waals surface area contributed by atoms with Crippen LogP contribution in [0.5, 0.6) is 5.75 Å². The molecule has 6 heteroatoms. The molecule has 0 aliphatic rings. The molecule has 0 aromatic heterocycles. The minimum absolute atomic E-state index is 0.132. The van der Waals surface area contributed by atoms with Gasteiger partial charge in [0.15, 0.2) is 0 Å². The number of benzene rings is 2. The number of ether oxygens (including phenoxy) is 1. The zero-order valence-corrected chi connectivity index (χ0v) is 13.4. The third-order valence-corrected chi connectivity index (χ3v) is 4.19. The molecule has 0 bridgehead atoms. The van der Waals surface area contributed by atoms with Crippen molar-refractivity contribution in [3.05, 3.63) is 62.6 Å². The molecule has 0 N–H and O–H groups in total. The standard InChI is InChI=1S/C14H9BrCl2F2O/c1-20-12-6-11(19)8(15)5-7(12)14(17)13-9(16)3-2-4-10(13)18/h2-6,14H,1H3. The second-order valence-electron chi connectivity index (χ2n) is 4.01. The summed E-state index contributed by atoms with van der Waals surface area (Å²) >= 11 is 15.4. The van der Waals surface area contributed by atoms with E-state index in [1.54, 1.807) is 6.07 Å². The van der Waals surface area contributed by atoms with Crippen molar-refractivity contribution in [1.82, 2.24) is 0 Å². The number of methoxy groups -OCH3 is 1. The van der Waals surface area contributed by atoms with Crippen molar-refractivity contribution in [2.24, 2.45) is 0 Å². The topological polar surface area (TPSA) is 9.23 Å². The van der Waals surface area contributed by atoms with Crippen molar-refractivity contribution < 1.29 is 13.5 Å². The van der Waals surface area contributed by atoms with Crippen LogP contribution in [-0.4, -0.2) is 7.11 Å². The lowest BCUT2D eigenvalue weighted by Gasteiger charge is -2.17. The van der Waals surface area contributed by atoms with Gasteiger partial charge < -0.3 is 4.74 Å². The smallest absolute Gasteiger partial charge is 0.141 e. The monoisotopic (exact) mass is 380 g/mol. The van der Waals surface area contributed by atoms with Crippen LogP contribution in [0.15, 0.2) is 34.8 Å². The third kappa shape index (κ3) is 2.92. The van der Waals surface area contributed by atoms with E-state index >= 15 is 0 Å². The Morgan fingerprint density at radius 2 is 1.90 bits per heavy atom. The number of hydrogen-bond acceptors (Lipinski definition) is 1. The average molecular weight is 382 g/mol. The fourth-order valence-electron chi connectivity index (χ4n) is 1.83. The van der Waals surface area contributed by atoms with Gasteiger partial charge in [-0.15, -0.1) is 11.6 Å². The molecule has 1 atom stereocenters. The van der Waals surface area contributed by atoms with Gasteiger partial charge in [0.05, 0.1) is 17.0 Å². The molecule has 0 heterocycles. The molecule has 0 fully saturated rings. The number of alkyl halides is 1. The highest BCUT2D eigenvalue weighted by molar-refractivity contribution is 9.10. The first kappa shape index (κ1) is 15.5. The quantitative estimate of drug-likeness (QED) is 0.618. The van der Waals surface area contributed by atoms with Gasteiger partial charge in [-0.2, -0.15) is 0 Å². The largest absolute Gasteiger partial charge is 0.496 e. The summed E-state index contributed by atoms with van der Waals surface area (Å²) in [5.74, 6) is -0.792. The minimum Gasteiger partial charge on any atom is -0.496 e. The average Bonchev–Trinajstić information content (AvgIpc) is 2.41. The predicted molar refractivity (Wildman–Crippen MR) is 79.8 cm³/mol. The van der Waals surface area contributed by atoms with Crippen molar-refractivity contribution in [1.29, 1.82) is 0 Å². The molecular formula is C14H9BrCl2F2O. The van der Waals surface area contributed by atoms with Crippen molar-refractivity contribution in [3.63, 3.8) is 0 Å². The summed E-state index contributed by atoms with van der Waals surface area (Å²) in [5, 5.41) is -0.692. The van der Waals surface area contributed by atoms with Gasteiger partial charge in [-0.3, -0.25) is 0 Å². The second-order valence-corrected chi connectivity index (χ2v) is 5.70. The highest BCUT2D eigenvalue weighted by Gasteiger charge is 2.23. The van der Waals surface area contributed by atoms with E-state index in [1.165, 1.54) is 31.4 Å². The molecule has 2 aromatic carbocycles. The van der Waals surface area contributed by atoms with Crippen LogP contribution in [0.25, 0.3) is 0 Å². The number of hydrogen-bond donors (Lipinski definition) is 0.